The molecule has 0 saturated carbocycles. The number of allylic oxidation sites excluding steroid dienone is 1. The van der Waals surface area contributed by atoms with Crippen LogP contribution < -0.4 is 16.0 Å². The third kappa shape index (κ3) is 3.74. The van der Waals surface area contributed by atoms with E-state index in [0.29, 0.717) is 11.3 Å². The Balaban J connectivity index is 1.97. The molecule has 0 aliphatic heterocycles. The van der Waals surface area contributed by atoms with Gasteiger partial charge in [-0.3, -0.25) is 24.1 Å². The summed E-state index contributed by atoms with van der Waals surface area (Å²) in [5.74, 6) is -8.45. The van der Waals surface area contributed by atoms with Gasteiger partial charge in [-0.1, -0.05) is 0 Å². The van der Waals surface area contributed by atoms with Crippen molar-refractivity contribution in [1.82, 2.24) is 4.90 Å². The molecule has 0 heterocycles. The van der Waals surface area contributed by atoms with Crippen LogP contribution in [-0.2, 0) is 20.8 Å². The van der Waals surface area contributed by atoms with E-state index in [0.717, 1.165) is 0 Å². The Labute approximate surface area is 223 Å². The van der Waals surface area contributed by atoms with Gasteiger partial charge in [0.05, 0.1) is 17.3 Å². The van der Waals surface area contributed by atoms with Crippen LogP contribution in [0.15, 0.2) is 28.7 Å². The average molecular weight is 549 g/mol. The van der Waals surface area contributed by atoms with Gasteiger partial charge in [0, 0.05) is 31.3 Å². The highest BCUT2D eigenvalue weighted by Gasteiger charge is 2.63. The van der Waals surface area contributed by atoms with Gasteiger partial charge < -0.3 is 36.4 Å². The number of phenolic OH excluding ortho intramolecular Hbond substituents is 1. The minimum Gasteiger partial charge on any atom is -0.510 e. The first kappa shape index (κ1) is 27.4. The van der Waals surface area contributed by atoms with Crippen LogP contribution in [0.5, 0.6) is 5.75 Å². The summed E-state index contributed by atoms with van der Waals surface area (Å²) >= 11 is 5.58. The molecule has 12 nitrogen and oxygen atoms in total. The molecule has 0 fully saturated rings. The monoisotopic (exact) mass is 548 g/mol. The lowest BCUT2D eigenvalue weighted by Crippen LogP contribution is -2.63. The van der Waals surface area contributed by atoms with Crippen molar-refractivity contribution in [2.24, 2.45) is 17.6 Å². The molecule has 38 heavy (non-hydrogen) atoms. The Kier molecular flexibility index (Phi) is 6.71. The second kappa shape index (κ2) is 9.29. The zero-order valence-corrected chi connectivity index (χ0v) is 22.0. The topological polar surface area (TPSA) is 194 Å². The van der Waals surface area contributed by atoms with Crippen molar-refractivity contribution in [3.8, 4) is 5.75 Å². The van der Waals surface area contributed by atoms with Gasteiger partial charge in [-0.05, 0) is 44.5 Å². The van der Waals surface area contributed by atoms with Crippen molar-refractivity contribution in [3.05, 3.63) is 39.9 Å². The highest BCUT2D eigenvalue weighted by molar-refractivity contribution is 6.29. The Bertz CT molecular complexity index is 1350. The summed E-state index contributed by atoms with van der Waals surface area (Å²) in [5.41, 5.74) is 2.12. The van der Waals surface area contributed by atoms with Gasteiger partial charge in [-0.25, -0.2) is 0 Å². The molecule has 4 atom stereocenters. The third-order valence-electron chi connectivity index (χ3n) is 7.58. The molecule has 0 aromatic heterocycles. The number of fused-ring (bicyclic) bond motifs is 3. The van der Waals surface area contributed by atoms with Crippen molar-refractivity contribution in [1.29, 1.82) is 0 Å². The number of aromatic hydroxyl groups is 1. The van der Waals surface area contributed by atoms with E-state index in [-0.39, 0.29) is 29.7 Å². The number of hydrogen-bond acceptors (Lipinski definition) is 10. The zero-order chi connectivity index (χ0) is 28.4. The molecule has 0 spiro atoms. The summed E-state index contributed by atoms with van der Waals surface area (Å²) in [6, 6.07) is 0.426. The number of primary amides is 1. The van der Waals surface area contributed by atoms with E-state index in [4.69, 9.17) is 17.3 Å². The maximum absolute atomic E-state index is 13.9. The van der Waals surface area contributed by atoms with E-state index in [1.807, 2.05) is 0 Å². The summed E-state index contributed by atoms with van der Waals surface area (Å²) in [7, 11) is 6.55. The number of halogens is 1. The maximum Gasteiger partial charge on any atom is 0.255 e. The van der Waals surface area contributed by atoms with E-state index in [2.05, 4.69) is 5.32 Å². The van der Waals surface area contributed by atoms with Crippen molar-refractivity contribution < 1.29 is 39.6 Å². The molecule has 0 saturated heterocycles. The minimum absolute atomic E-state index is 0.0237. The van der Waals surface area contributed by atoms with Gasteiger partial charge in [-0.15, -0.1) is 11.6 Å². The number of nitrogens with zero attached hydrogens (tertiary/aromatic N) is 2. The normalized spacial score (nSPS) is 26.7. The van der Waals surface area contributed by atoms with Gasteiger partial charge in [0.15, 0.2) is 17.1 Å². The van der Waals surface area contributed by atoms with Gasteiger partial charge in [0.1, 0.15) is 23.0 Å². The summed E-state index contributed by atoms with van der Waals surface area (Å²) < 4.78 is 0. The zero-order valence-electron chi connectivity index (χ0n) is 21.2. The molecule has 204 valence electrons. The van der Waals surface area contributed by atoms with Crippen LogP contribution in [0.3, 0.4) is 0 Å². The fraction of sp³-hybridized carbons (Fsp3) is 0.440. The van der Waals surface area contributed by atoms with E-state index >= 15 is 0 Å². The summed E-state index contributed by atoms with van der Waals surface area (Å²) in [5, 5.41) is 47.3. The SMILES string of the molecule is CN(C)c1cc(NC(=O)CCl)c(O)c2c1CC1CC3[C@H](N(C)C)C(O)=C(C(N)=O)C(=O)[C@@]3(O)C(O)=C1C2=O. The smallest absolute Gasteiger partial charge is 0.255 e. The number of aliphatic hydroxyl groups excluding tert-OH is 2. The number of nitrogens with one attached hydrogen (secondary N) is 1. The molecular weight excluding hydrogens is 520 g/mol. The lowest BCUT2D eigenvalue weighted by molar-refractivity contribution is -0.148. The third-order valence-corrected chi connectivity index (χ3v) is 7.82. The Morgan fingerprint density at radius 2 is 1.82 bits per heavy atom. The molecule has 1 aromatic rings. The second-order valence-corrected chi connectivity index (χ2v) is 10.5. The van der Waals surface area contributed by atoms with Crippen LogP contribution >= 0.6 is 11.6 Å². The van der Waals surface area contributed by atoms with Crippen LogP contribution in [0.1, 0.15) is 22.3 Å². The van der Waals surface area contributed by atoms with Gasteiger partial charge in [-0.2, -0.15) is 0 Å². The first-order valence-corrected chi connectivity index (χ1v) is 12.3. The standard InChI is InChI=1S/C25H29ClN4O8/c1-29(2)13-7-12(28-14(31)8-26)19(32)16-10(13)5-9-6-11-18(30(3)4)21(34)17(24(27)37)23(36)25(11,38)22(35)15(9)20(16)33/h7,9,11,18,32,34-35,38H,5-6,8H2,1-4H3,(H2,27,37)(H,28,31)/t9?,11?,18-,25-/m0/s1. The Morgan fingerprint density at radius 1 is 1.18 bits per heavy atom. The minimum atomic E-state index is -2.73. The van der Waals surface area contributed by atoms with Crippen LogP contribution in [0.2, 0.25) is 0 Å². The number of carbonyl (C=O) groups is 4. The number of carbonyl (C=O) groups excluding carboxylic acids is 4. The summed E-state index contributed by atoms with van der Waals surface area (Å²) in [6.07, 6.45) is 0.101. The molecule has 4 rings (SSSR count). The first-order chi connectivity index (χ1) is 17.7. The number of nitrogens with two attached hydrogens (primary N) is 1. The van der Waals surface area contributed by atoms with Crippen LogP contribution in [0, 0.1) is 11.8 Å². The van der Waals surface area contributed by atoms with E-state index in [1.165, 1.54) is 11.0 Å². The van der Waals surface area contributed by atoms with Crippen molar-refractivity contribution >= 4 is 46.4 Å². The Hall–Kier alpha value is -3.61. The number of hydrogen-bond donors (Lipinski definition) is 6. The molecule has 2 unspecified atom stereocenters. The predicted molar refractivity (Wildman–Crippen MR) is 137 cm³/mol. The largest absolute Gasteiger partial charge is 0.510 e. The molecule has 0 radical (unpaired) electrons. The maximum atomic E-state index is 13.9. The molecule has 2 amide bonds. The van der Waals surface area contributed by atoms with Crippen molar-refractivity contribution in [2.75, 3.05) is 44.3 Å². The summed E-state index contributed by atoms with van der Waals surface area (Å²) in [4.78, 5) is 54.4. The molecule has 1 aromatic carbocycles. The van der Waals surface area contributed by atoms with Crippen molar-refractivity contribution in [2.45, 2.75) is 24.5 Å². The molecule has 3 aliphatic carbocycles. The molecule has 0 bridgehead atoms. The van der Waals surface area contributed by atoms with Crippen LogP contribution in [-0.4, -0.2) is 94.4 Å². The molecule has 13 heteroatoms. The number of Topliss-reactive ketones (excluding diaryl/α,β-unsaturated/α-hetero) is 2. The van der Waals surface area contributed by atoms with E-state index in [9.17, 15) is 39.6 Å². The molecular formula is C25H29ClN4O8. The Morgan fingerprint density at radius 3 is 2.34 bits per heavy atom. The van der Waals surface area contributed by atoms with Gasteiger partial charge >= 0.3 is 0 Å². The number of alkyl halides is 1. The number of phenols is 1. The number of amides is 2. The predicted octanol–water partition coefficient (Wildman–Crippen LogP) is 0.364. The van der Waals surface area contributed by atoms with Gasteiger partial charge in [0.25, 0.3) is 5.91 Å². The van der Waals surface area contributed by atoms with Gasteiger partial charge in [0.2, 0.25) is 11.7 Å². The second-order valence-electron chi connectivity index (χ2n) is 10.2. The average Bonchev–Trinajstić information content (AvgIpc) is 2.82. The van der Waals surface area contributed by atoms with E-state index < -0.39 is 75.6 Å². The van der Waals surface area contributed by atoms with Crippen LogP contribution in [0.25, 0.3) is 0 Å². The first-order valence-electron chi connectivity index (χ1n) is 11.7. The fourth-order valence-electron chi connectivity index (χ4n) is 5.98. The lowest BCUT2D eigenvalue weighted by atomic mass is 9.58. The summed E-state index contributed by atoms with van der Waals surface area (Å²) in [6.45, 7) is 0. The number of rotatable bonds is 5. The number of likely N-dealkylation sites (N-methyl/N-ethyl adjacent to an activating group) is 1. The van der Waals surface area contributed by atoms with E-state index in [1.54, 1.807) is 33.1 Å². The lowest BCUT2D eigenvalue weighted by Gasteiger charge is -2.50. The van der Waals surface area contributed by atoms with Crippen LogP contribution in [0.4, 0.5) is 11.4 Å². The quantitative estimate of drug-likeness (QED) is 0.170. The highest BCUT2D eigenvalue weighted by Crippen LogP contribution is 2.53. The number of ketones is 2. The fourth-order valence-corrected chi connectivity index (χ4v) is 6.04. The molecule has 7 N–H and O–H groups in total. The number of benzene rings is 1. The number of anilines is 2. The van der Waals surface area contributed by atoms with Crippen molar-refractivity contribution in [3.63, 3.8) is 0 Å². The number of aliphatic hydroxyl groups is 3. The molecule has 3 aliphatic rings. The highest BCUT2D eigenvalue weighted by atomic mass is 35.5.